The van der Waals surface area contributed by atoms with Crippen LogP contribution in [0, 0.1) is 6.92 Å². The van der Waals surface area contributed by atoms with Crippen molar-refractivity contribution >= 4 is 31.3 Å². The molecule has 1 atom stereocenters. The standard InChI is InChI=1S/C22H19F3N2O4S2/c1-15-7-6-10-19(20(15)21(28)27-32(2,29)17-8-4-3-5-9-17)26-33(30,31)18-13-11-16(12-14-18)22(23,24)25/h3-14,26H,1-2H3. The number of halogens is 3. The van der Waals surface area contributed by atoms with Crippen LogP contribution in [0.5, 0.6) is 0 Å². The molecule has 33 heavy (non-hydrogen) atoms. The number of carbonyl (C=O) groups is 1. The van der Waals surface area contributed by atoms with E-state index in [-0.39, 0.29) is 11.3 Å². The van der Waals surface area contributed by atoms with Crippen molar-refractivity contribution in [3.05, 3.63) is 89.5 Å². The summed E-state index contributed by atoms with van der Waals surface area (Å²) in [5.74, 6) is -0.894. The number of nitrogens with one attached hydrogen (secondary N) is 1. The Morgan fingerprint density at radius 1 is 0.848 bits per heavy atom. The van der Waals surface area contributed by atoms with E-state index in [1.807, 2.05) is 0 Å². The number of rotatable bonds is 5. The smallest absolute Gasteiger partial charge is 0.279 e. The highest BCUT2D eigenvalue weighted by molar-refractivity contribution is 7.93. The summed E-state index contributed by atoms with van der Waals surface area (Å²) in [6.45, 7) is 1.55. The molecule has 0 aliphatic heterocycles. The summed E-state index contributed by atoms with van der Waals surface area (Å²) in [5.41, 5.74) is -0.865. The molecule has 0 aromatic heterocycles. The molecule has 0 spiro atoms. The third kappa shape index (κ3) is 5.60. The number of hydrogen-bond acceptors (Lipinski definition) is 4. The van der Waals surface area contributed by atoms with E-state index in [1.165, 1.54) is 18.4 Å². The third-order valence-electron chi connectivity index (χ3n) is 4.66. The lowest BCUT2D eigenvalue weighted by Crippen LogP contribution is -2.17. The highest BCUT2D eigenvalue weighted by Gasteiger charge is 2.31. The summed E-state index contributed by atoms with van der Waals surface area (Å²) in [4.78, 5) is 12.9. The molecule has 3 rings (SSSR count). The van der Waals surface area contributed by atoms with Crippen molar-refractivity contribution < 1.29 is 30.6 Å². The molecule has 3 aromatic rings. The van der Waals surface area contributed by atoms with Crippen molar-refractivity contribution in [2.24, 2.45) is 4.36 Å². The molecular weight excluding hydrogens is 477 g/mol. The van der Waals surface area contributed by atoms with Crippen molar-refractivity contribution in [2.45, 2.75) is 22.9 Å². The van der Waals surface area contributed by atoms with Crippen LogP contribution < -0.4 is 4.72 Å². The van der Waals surface area contributed by atoms with Gasteiger partial charge in [0.05, 0.1) is 31.4 Å². The zero-order valence-corrected chi connectivity index (χ0v) is 19.1. The van der Waals surface area contributed by atoms with E-state index in [1.54, 1.807) is 43.3 Å². The Morgan fingerprint density at radius 3 is 2.03 bits per heavy atom. The summed E-state index contributed by atoms with van der Waals surface area (Å²) < 4.78 is 82.9. The molecule has 0 radical (unpaired) electrons. The Kier molecular flexibility index (Phi) is 6.66. The molecule has 0 aliphatic rings. The maximum absolute atomic E-state index is 13.0. The van der Waals surface area contributed by atoms with Gasteiger partial charge in [0, 0.05) is 11.2 Å². The van der Waals surface area contributed by atoms with Gasteiger partial charge >= 0.3 is 6.18 Å². The molecule has 0 saturated carbocycles. The molecule has 0 saturated heterocycles. The number of sulfonamides is 1. The lowest BCUT2D eigenvalue weighted by Gasteiger charge is -2.14. The minimum Gasteiger partial charge on any atom is -0.279 e. The monoisotopic (exact) mass is 496 g/mol. The predicted octanol–water partition coefficient (Wildman–Crippen LogP) is 5.11. The molecule has 3 aromatic carbocycles. The van der Waals surface area contributed by atoms with Crippen LogP contribution in [0.4, 0.5) is 18.9 Å². The molecule has 174 valence electrons. The maximum Gasteiger partial charge on any atom is 0.416 e. The fourth-order valence-electron chi connectivity index (χ4n) is 2.99. The normalized spacial score (nSPS) is 13.7. The highest BCUT2D eigenvalue weighted by atomic mass is 32.2. The molecule has 1 amide bonds. The molecule has 0 heterocycles. The predicted molar refractivity (Wildman–Crippen MR) is 119 cm³/mol. The lowest BCUT2D eigenvalue weighted by atomic mass is 10.1. The van der Waals surface area contributed by atoms with E-state index >= 15 is 0 Å². The van der Waals surface area contributed by atoms with E-state index < -0.39 is 42.3 Å². The number of anilines is 1. The van der Waals surface area contributed by atoms with Gasteiger partial charge in [-0.2, -0.15) is 17.5 Å². The molecular formula is C22H19F3N2O4S2. The highest BCUT2D eigenvalue weighted by Crippen LogP contribution is 2.30. The number of benzene rings is 3. The van der Waals surface area contributed by atoms with Crippen molar-refractivity contribution in [3.63, 3.8) is 0 Å². The Bertz CT molecular complexity index is 1410. The van der Waals surface area contributed by atoms with Crippen LogP contribution in [0.15, 0.2) is 87.0 Å². The second-order valence-electron chi connectivity index (χ2n) is 7.14. The maximum atomic E-state index is 13.0. The topological polar surface area (TPSA) is 92.7 Å². The van der Waals surface area contributed by atoms with E-state index in [9.17, 15) is 30.6 Å². The summed E-state index contributed by atoms with van der Waals surface area (Å²) in [6, 6.07) is 15.4. The molecule has 1 unspecified atom stereocenters. The lowest BCUT2D eigenvalue weighted by molar-refractivity contribution is -0.137. The number of amides is 1. The SMILES string of the molecule is Cc1cccc(NS(=O)(=O)c2ccc(C(F)(F)F)cc2)c1C(=O)N=S(C)(=O)c1ccccc1. The fourth-order valence-corrected chi connectivity index (χ4v) is 5.24. The van der Waals surface area contributed by atoms with Crippen molar-refractivity contribution in [3.8, 4) is 0 Å². The number of hydrogen-bond donors (Lipinski definition) is 1. The summed E-state index contributed by atoms with van der Waals surface area (Å²) in [7, 11) is -7.44. The fraction of sp³-hybridized carbons (Fsp3) is 0.136. The summed E-state index contributed by atoms with van der Waals surface area (Å²) >= 11 is 0. The Balaban J connectivity index is 2.00. The average molecular weight is 497 g/mol. The third-order valence-corrected chi connectivity index (χ3v) is 7.70. The van der Waals surface area contributed by atoms with Gasteiger partial charge in [0.25, 0.3) is 15.9 Å². The first kappa shape index (κ1) is 24.5. The summed E-state index contributed by atoms with van der Waals surface area (Å²) in [5, 5.41) is 0. The minimum atomic E-state index is -4.61. The van der Waals surface area contributed by atoms with Gasteiger partial charge in [0.2, 0.25) is 0 Å². The van der Waals surface area contributed by atoms with E-state index in [0.29, 0.717) is 22.6 Å². The largest absolute Gasteiger partial charge is 0.416 e. The van der Waals surface area contributed by atoms with Crippen LogP contribution in [-0.2, 0) is 25.9 Å². The Morgan fingerprint density at radius 2 is 1.45 bits per heavy atom. The van der Waals surface area contributed by atoms with Crippen LogP contribution in [0.3, 0.4) is 0 Å². The average Bonchev–Trinajstić information content (AvgIpc) is 2.73. The molecule has 0 fully saturated rings. The number of aryl methyl sites for hydroxylation is 1. The van der Waals surface area contributed by atoms with Crippen LogP contribution in [0.1, 0.15) is 21.5 Å². The second-order valence-corrected chi connectivity index (χ2v) is 11.1. The van der Waals surface area contributed by atoms with Crippen molar-refractivity contribution in [1.82, 2.24) is 0 Å². The molecule has 0 aliphatic carbocycles. The van der Waals surface area contributed by atoms with Gasteiger partial charge in [-0.15, -0.1) is 0 Å². The molecule has 6 nitrogen and oxygen atoms in total. The van der Waals surface area contributed by atoms with Gasteiger partial charge in [-0.25, -0.2) is 12.6 Å². The first-order valence-corrected chi connectivity index (χ1v) is 12.8. The zero-order valence-electron chi connectivity index (χ0n) is 17.5. The zero-order chi connectivity index (χ0) is 24.4. The van der Waals surface area contributed by atoms with Crippen molar-refractivity contribution in [1.29, 1.82) is 0 Å². The summed E-state index contributed by atoms with van der Waals surface area (Å²) in [6.07, 6.45) is -3.32. The number of nitrogens with zero attached hydrogens (tertiary/aromatic N) is 1. The Hall–Kier alpha value is -3.18. The van der Waals surface area contributed by atoms with Crippen LogP contribution in [-0.4, -0.2) is 24.8 Å². The van der Waals surface area contributed by atoms with Gasteiger partial charge in [-0.3, -0.25) is 9.52 Å². The first-order chi connectivity index (χ1) is 15.3. The molecule has 11 heteroatoms. The van der Waals surface area contributed by atoms with E-state index in [4.69, 9.17) is 0 Å². The van der Waals surface area contributed by atoms with Gasteiger partial charge in [-0.05, 0) is 55.0 Å². The van der Waals surface area contributed by atoms with Gasteiger partial charge < -0.3 is 0 Å². The quantitative estimate of drug-likeness (QED) is 0.531. The number of carbonyl (C=O) groups excluding carboxylic acids is 1. The van der Waals surface area contributed by atoms with Gasteiger partial charge in [-0.1, -0.05) is 30.3 Å². The van der Waals surface area contributed by atoms with Crippen molar-refractivity contribution in [2.75, 3.05) is 11.0 Å². The van der Waals surface area contributed by atoms with Gasteiger partial charge in [0.15, 0.2) is 0 Å². The molecule has 0 bridgehead atoms. The van der Waals surface area contributed by atoms with E-state index in [0.717, 1.165) is 12.1 Å². The molecule has 1 N–H and O–H groups in total. The minimum absolute atomic E-state index is 0.113. The Labute approximate surface area is 189 Å². The van der Waals surface area contributed by atoms with Crippen LogP contribution in [0.25, 0.3) is 0 Å². The van der Waals surface area contributed by atoms with Gasteiger partial charge in [0.1, 0.15) is 0 Å². The van der Waals surface area contributed by atoms with Crippen LogP contribution in [0.2, 0.25) is 0 Å². The second kappa shape index (κ2) is 8.99. The number of alkyl halides is 3. The van der Waals surface area contributed by atoms with E-state index in [2.05, 4.69) is 9.08 Å². The first-order valence-electron chi connectivity index (χ1n) is 9.42. The van der Waals surface area contributed by atoms with Crippen LogP contribution >= 0.6 is 0 Å².